The van der Waals surface area contributed by atoms with E-state index in [1.54, 1.807) is 11.8 Å². The van der Waals surface area contributed by atoms with Gasteiger partial charge >= 0.3 is 12.1 Å². The van der Waals surface area contributed by atoms with Crippen LogP contribution < -0.4 is 5.32 Å². The van der Waals surface area contributed by atoms with Crippen LogP contribution in [0.25, 0.3) is 0 Å². The average molecular weight is 344 g/mol. The zero-order valence-electron chi connectivity index (χ0n) is 13.6. The van der Waals surface area contributed by atoms with E-state index in [-0.39, 0.29) is 23.8 Å². The van der Waals surface area contributed by atoms with Crippen LogP contribution in [0.4, 0.5) is 4.79 Å². The minimum atomic E-state index is -0.658. The van der Waals surface area contributed by atoms with Gasteiger partial charge in [-0.25, -0.2) is 9.59 Å². The number of alkyl carbamates (subject to hydrolysis) is 1. The molecule has 0 radical (unpaired) electrons. The van der Waals surface area contributed by atoms with Crippen LogP contribution in [-0.2, 0) is 19.1 Å². The van der Waals surface area contributed by atoms with Crippen LogP contribution >= 0.6 is 11.8 Å². The van der Waals surface area contributed by atoms with Gasteiger partial charge in [0.05, 0.1) is 13.7 Å². The number of likely N-dealkylation sites (tertiary alicyclic amines) is 1. The van der Waals surface area contributed by atoms with E-state index in [9.17, 15) is 14.4 Å². The summed E-state index contributed by atoms with van der Waals surface area (Å²) in [5.74, 6) is 1.48. The van der Waals surface area contributed by atoms with Crippen molar-refractivity contribution in [2.24, 2.45) is 5.41 Å². The van der Waals surface area contributed by atoms with Crippen LogP contribution in [0.2, 0.25) is 0 Å². The third-order valence-corrected chi connectivity index (χ3v) is 5.50. The van der Waals surface area contributed by atoms with E-state index in [0.717, 1.165) is 24.3 Å². The SMILES string of the molecule is CCOC(=O)C1CC2(CCSCC2)CN1C(=O)CNC(=O)OC. The number of ether oxygens (including phenoxy) is 2. The molecule has 2 rings (SSSR count). The van der Waals surface area contributed by atoms with Gasteiger partial charge in [0.1, 0.15) is 12.6 Å². The molecule has 7 nitrogen and oxygen atoms in total. The summed E-state index contributed by atoms with van der Waals surface area (Å²) in [6, 6.07) is -0.551. The van der Waals surface area contributed by atoms with E-state index in [4.69, 9.17) is 4.74 Å². The van der Waals surface area contributed by atoms with Crippen LogP contribution in [0.15, 0.2) is 0 Å². The van der Waals surface area contributed by atoms with Gasteiger partial charge in [-0.3, -0.25) is 4.79 Å². The summed E-state index contributed by atoms with van der Waals surface area (Å²) in [4.78, 5) is 37.4. The lowest BCUT2D eigenvalue weighted by Crippen LogP contribution is -2.46. The fraction of sp³-hybridized carbons (Fsp3) is 0.800. The van der Waals surface area contributed by atoms with Gasteiger partial charge in [-0.15, -0.1) is 0 Å². The Morgan fingerprint density at radius 3 is 2.61 bits per heavy atom. The van der Waals surface area contributed by atoms with Crippen molar-refractivity contribution in [1.29, 1.82) is 0 Å². The zero-order valence-corrected chi connectivity index (χ0v) is 14.4. The largest absolute Gasteiger partial charge is 0.464 e. The Morgan fingerprint density at radius 1 is 1.30 bits per heavy atom. The zero-order chi connectivity index (χ0) is 16.9. The molecule has 0 saturated carbocycles. The molecule has 1 spiro atoms. The number of methoxy groups -OCH3 is 1. The molecule has 2 amide bonds. The third-order valence-electron chi connectivity index (χ3n) is 4.51. The van der Waals surface area contributed by atoms with E-state index in [2.05, 4.69) is 10.1 Å². The maximum Gasteiger partial charge on any atom is 0.407 e. The molecule has 2 aliphatic rings. The molecular formula is C15H24N2O5S. The Balaban J connectivity index is 2.07. The number of carbonyl (C=O) groups excluding carboxylic acids is 3. The first-order chi connectivity index (χ1) is 11.0. The minimum absolute atomic E-state index is 0.00357. The summed E-state index contributed by atoms with van der Waals surface area (Å²) in [6.45, 7) is 2.43. The molecule has 23 heavy (non-hydrogen) atoms. The van der Waals surface area contributed by atoms with Crippen molar-refractivity contribution in [3.63, 3.8) is 0 Å². The second-order valence-electron chi connectivity index (χ2n) is 5.95. The number of amides is 2. The smallest absolute Gasteiger partial charge is 0.407 e. The lowest BCUT2D eigenvalue weighted by molar-refractivity contribution is -0.152. The van der Waals surface area contributed by atoms with Crippen molar-refractivity contribution in [1.82, 2.24) is 10.2 Å². The maximum absolute atomic E-state index is 12.5. The molecule has 2 saturated heterocycles. The molecule has 2 aliphatic heterocycles. The number of nitrogens with zero attached hydrogens (tertiary/aromatic N) is 1. The van der Waals surface area contributed by atoms with Gasteiger partial charge < -0.3 is 19.7 Å². The lowest BCUT2D eigenvalue weighted by Gasteiger charge is -2.32. The van der Waals surface area contributed by atoms with Gasteiger partial charge in [0, 0.05) is 6.54 Å². The summed E-state index contributed by atoms with van der Waals surface area (Å²) in [7, 11) is 1.24. The number of hydrogen-bond donors (Lipinski definition) is 1. The molecule has 0 bridgehead atoms. The highest BCUT2D eigenvalue weighted by molar-refractivity contribution is 7.99. The van der Waals surface area contributed by atoms with Gasteiger partial charge in [-0.2, -0.15) is 11.8 Å². The predicted molar refractivity (Wildman–Crippen MR) is 86.2 cm³/mol. The second-order valence-corrected chi connectivity index (χ2v) is 7.18. The molecule has 0 aromatic carbocycles. The van der Waals surface area contributed by atoms with Gasteiger partial charge in [0.15, 0.2) is 0 Å². The molecule has 1 atom stereocenters. The Kier molecular flexibility index (Phi) is 6.15. The number of esters is 1. The van der Waals surface area contributed by atoms with Crippen LogP contribution in [0.5, 0.6) is 0 Å². The molecular weight excluding hydrogens is 320 g/mol. The first-order valence-electron chi connectivity index (χ1n) is 7.87. The van der Waals surface area contributed by atoms with Crippen molar-refractivity contribution in [2.45, 2.75) is 32.2 Å². The maximum atomic E-state index is 12.5. The highest BCUT2D eigenvalue weighted by Crippen LogP contribution is 2.45. The molecule has 2 fully saturated rings. The standard InChI is InChI=1S/C15H24N2O5S/c1-3-22-13(19)11-8-15(4-6-23-7-5-15)10-17(11)12(18)9-16-14(20)21-2/h11H,3-10H2,1-2H3,(H,16,20). The fourth-order valence-electron chi connectivity index (χ4n) is 3.26. The van der Waals surface area contributed by atoms with Gasteiger partial charge in [0.25, 0.3) is 0 Å². The lowest BCUT2D eigenvalue weighted by atomic mass is 9.80. The Labute approximate surface area is 140 Å². The van der Waals surface area contributed by atoms with E-state index in [0.29, 0.717) is 19.6 Å². The normalized spacial score (nSPS) is 22.7. The number of thioether (sulfide) groups is 1. The first-order valence-corrected chi connectivity index (χ1v) is 9.02. The minimum Gasteiger partial charge on any atom is -0.464 e. The quantitative estimate of drug-likeness (QED) is 0.767. The monoisotopic (exact) mass is 344 g/mol. The van der Waals surface area contributed by atoms with Gasteiger partial charge in [-0.1, -0.05) is 0 Å². The fourth-order valence-corrected chi connectivity index (χ4v) is 4.61. The molecule has 8 heteroatoms. The van der Waals surface area contributed by atoms with Crippen LogP contribution in [0.1, 0.15) is 26.2 Å². The van der Waals surface area contributed by atoms with Gasteiger partial charge in [-0.05, 0) is 43.1 Å². The third kappa shape index (κ3) is 4.31. The Hall–Kier alpha value is -1.44. The molecule has 2 heterocycles. The van der Waals surface area contributed by atoms with E-state index >= 15 is 0 Å². The van der Waals surface area contributed by atoms with Crippen molar-refractivity contribution >= 4 is 29.7 Å². The Morgan fingerprint density at radius 2 is 2.00 bits per heavy atom. The molecule has 130 valence electrons. The number of nitrogens with one attached hydrogen (secondary N) is 1. The predicted octanol–water partition coefficient (Wildman–Crippen LogP) is 1.02. The highest BCUT2D eigenvalue weighted by atomic mass is 32.2. The Bertz CT molecular complexity index is 465. The number of rotatable bonds is 4. The highest BCUT2D eigenvalue weighted by Gasteiger charge is 2.49. The first kappa shape index (κ1) is 17.9. The molecule has 0 aromatic rings. The van der Waals surface area contributed by atoms with Crippen molar-refractivity contribution in [2.75, 3.05) is 38.3 Å². The van der Waals surface area contributed by atoms with E-state index in [1.165, 1.54) is 7.11 Å². The summed E-state index contributed by atoms with van der Waals surface area (Å²) in [5, 5.41) is 2.38. The summed E-state index contributed by atoms with van der Waals surface area (Å²) < 4.78 is 9.61. The average Bonchev–Trinajstić information content (AvgIpc) is 2.92. The summed E-state index contributed by atoms with van der Waals surface area (Å²) in [6.07, 6.45) is 1.99. The van der Waals surface area contributed by atoms with Crippen LogP contribution in [0, 0.1) is 5.41 Å². The second kappa shape index (κ2) is 7.90. The molecule has 0 aromatic heterocycles. The number of hydrogen-bond acceptors (Lipinski definition) is 6. The molecule has 1 unspecified atom stereocenters. The van der Waals surface area contributed by atoms with Crippen molar-refractivity contribution < 1.29 is 23.9 Å². The van der Waals surface area contributed by atoms with Crippen molar-refractivity contribution in [3.05, 3.63) is 0 Å². The molecule has 1 N–H and O–H groups in total. The number of carbonyl (C=O) groups is 3. The van der Waals surface area contributed by atoms with Gasteiger partial charge in [0.2, 0.25) is 5.91 Å². The van der Waals surface area contributed by atoms with Crippen LogP contribution in [-0.4, -0.2) is 67.2 Å². The van der Waals surface area contributed by atoms with Crippen LogP contribution in [0.3, 0.4) is 0 Å². The summed E-state index contributed by atoms with van der Waals surface area (Å²) >= 11 is 1.91. The van der Waals surface area contributed by atoms with E-state index < -0.39 is 12.1 Å². The van der Waals surface area contributed by atoms with Crippen molar-refractivity contribution in [3.8, 4) is 0 Å². The molecule has 0 aliphatic carbocycles. The summed E-state index contributed by atoms with van der Waals surface area (Å²) in [5.41, 5.74) is 0.00357. The van der Waals surface area contributed by atoms with E-state index in [1.807, 2.05) is 11.8 Å². The topological polar surface area (TPSA) is 84.9 Å².